The largest absolute Gasteiger partial charge is 0.384 e. The normalized spacial score (nSPS) is 11.6. The fourth-order valence-electron chi connectivity index (χ4n) is 1.67. The molecule has 2 aromatic rings. The van der Waals surface area contributed by atoms with E-state index in [9.17, 15) is 0 Å². The summed E-state index contributed by atoms with van der Waals surface area (Å²) in [7, 11) is 1.71. The molecule has 0 aliphatic heterocycles. The smallest absolute Gasteiger partial charge is 0.143 e. The zero-order valence-corrected chi connectivity index (χ0v) is 12.6. The highest BCUT2D eigenvalue weighted by molar-refractivity contribution is 6.33. The number of tetrazole rings is 1. The molecule has 1 heterocycles. The van der Waals surface area contributed by atoms with Crippen LogP contribution in [0, 0.1) is 0 Å². The van der Waals surface area contributed by atoms with E-state index in [1.807, 2.05) is 32.0 Å². The molecule has 108 valence electrons. The first kappa shape index (κ1) is 14.7. The van der Waals surface area contributed by atoms with E-state index in [-0.39, 0.29) is 5.60 Å². The van der Waals surface area contributed by atoms with Crippen LogP contribution >= 0.6 is 11.6 Å². The molecule has 0 fully saturated rings. The molecule has 0 unspecified atom stereocenters. The molecule has 0 bridgehead atoms. The van der Waals surface area contributed by atoms with Crippen LogP contribution in [0.15, 0.2) is 24.5 Å². The number of anilines is 1. The Balaban J connectivity index is 2.06. The molecule has 0 aliphatic carbocycles. The van der Waals surface area contributed by atoms with Gasteiger partial charge in [-0.25, -0.2) is 4.68 Å². The Bertz CT molecular complexity index is 556. The van der Waals surface area contributed by atoms with Crippen molar-refractivity contribution in [1.82, 2.24) is 20.2 Å². The molecule has 2 rings (SSSR count). The average molecular weight is 296 g/mol. The number of nitrogens with one attached hydrogen (secondary N) is 1. The number of hydrogen-bond acceptors (Lipinski definition) is 5. The van der Waals surface area contributed by atoms with Gasteiger partial charge >= 0.3 is 0 Å². The van der Waals surface area contributed by atoms with Crippen LogP contribution in [0.4, 0.5) is 5.69 Å². The van der Waals surface area contributed by atoms with Gasteiger partial charge in [0.05, 0.1) is 22.0 Å². The monoisotopic (exact) mass is 295 g/mol. The maximum Gasteiger partial charge on any atom is 0.143 e. The molecule has 7 heteroatoms. The molecule has 0 saturated carbocycles. The van der Waals surface area contributed by atoms with E-state index >= 15 is 0 Å². The van der Waals surface area contributed by atoms with Crippen LogP contribution in [-0.2, 0) is 4.74 Å². The van der Waals surface area contributed by atoms with Gasteiger partial charge in [0, 0.05) is 13.7 Å². The van der Waals surface area contributed by atoms with E-state index in [2.05, 4.69) is 20.8 Å². The molecule has 0 aliphatic rings. The van der Waals surface area contributed by atoms with E-state index in [1.165, 1.54) is 0 Å². The predicted molar refractivity (Wildman–Crippen MR) is 78.4 cm³/mol. The summed E-state index contributed by atoms with van der Waals surface area (Å²) < 4.78 is 6.97. The highest BCUT2D eigenvalue weighted by Crippen LogP contribution is 2.25. The molecule has 0 atom stereocenters. The lowest BCUT2D eigenvalue weighted by molar-refractivity contribution is 0.0185. The summed E-state index contributed by atoms with van der Waals surface area (Å²) in [5.74, 6) is 0. The molecular weight excluding hydrogens is 278 g/mol. The van der Waals surface area contributed by atoms with Crippen LogP contribution < -0.4 is 5.32 Å². The predicted octanol–water partition coefficient (Wildman–Crippen LogP) is 2.54. The third-order valence-electron chi connectivity index (χ3n) is 3.16. The molecular formula is C13H18ClN5O. The Labute approximate surface area is 123 Å². The summed E-state index contributed by atoms with van der Waals surface area (Å²) in [5.41, 5.74) is 1.55. The highest BCUT2D eigenvalue weighted by Gasteiger charge is 2.15. The van der Waals surface area contributed by atoms with Gasteiger partial charge in [0.2, 0.25) is 0 Å². The standard InChI is InChI=1S/C13H18ClN5O/c1-13(2,20-3)6-7-15-12-8-10(4-5-11(12)14)19-9-16-17-18-19/h4-5,8-9,15H,6-7H2,1-3H3. The molecule has 0 radical (unpaired) electrons. The summed E-state index contributed by atoms with van der Waals surface area (Å²) >= 11 is 6.19. The van der Waals surface area contributed by atoms with Crippen LogP contribution in [0.1, 0.15) is 20.3 Å². The molecule has 20 heavy (non-hydrogen) atoms. The Morgan fingerprint density at radius 3 is 2.85 bits per heavy atom. The van der Waals surface area contributed by atoms with Gasteiger partial charge < -0.3 is 10.1 Å². The van der Waals surface area contributed by atoms with Crippen molar-refractivity contribution in [1.29, 1.82) is 0 Å². The molecule has 1 N–H and O–H groups in total. The van der Waals surface area contributed by atoms with Crippen molar-refractivity contribution in [3.05, 3.63) is 29.5 Å². The number of aromatic nitrogens is 4. The maximum absolute atomic E-state index is 6.19. The minimum Gasteiger partial charge on any atom is -0.384 e. The first-order chi connectivity index (χ1) is 9.52. The zero-order valence-electron chi connectivity index (χ0n) is 11.8. The minimum atomic E-state index is -0.160. The lowest BCUT2D eigenvalue weighted by Crippen LogP contribution is -2.25. The Kier molecular flexibility index (Phi) is 4.57. The van der Waals surface area contributed by atoms with Crippen LogP contribution in [-0.4, -0.2) is 39.5 Å². The molecule has 0 spiro atoms. The van der Waals surface area contributed by atoms with Crippen LogP contribution in [0.5, 0.6) is 0 Å². The summed E-state index contributed by atoms with van der Waals surface area (Å²) in [4.78, 5) is 0. The summed E-state index contributed by atoms with van der Waals surface area (Å²) in [6, 6.07) is 5.60. The fourth-order valence-corrected chi connectivity index (χ4v) is 1.86. The summed E-state index contributed by atoms with van der Waals surface area (Å²) in [6.45, 7) is 4.86. The van der Waals surface area contributed by atoms with Crippen molar-refractivity contribution in [2.75, 3.05) is 19.0 Å². The third-order valence-corrected chi connectivity index (χ3v) is 3.49. The second-order valence-corrected chi connectivity index (χ2v) is 5.47. The van der Waals surface area contributed by atoms with E-state index in [4.69, 9.17) is 16.3 Å². The molecule has 1 aromatic carbocycles. The Morgan fingerprint density at radius 1 is 1.40 bits per heavy atom. The number of hydrogen-bond donors (Lipinski definition) is 1. The van der Waals surface area contributed by atoms with Gasteiger partial charge in [0.1, 0.15) is 6.33 Å². The van der Waals surface area contributed by atoms with Crippen molar-refractivity contribution in [3.63, 3.8) is 0 Å². The van der Waals surface area contributed by atoms with E-state index in [1.54, 1.807) is 18.1 Å². The van der Waals surface area contributed by atoms with Crippen LogP contribution in [0.25, 0.3) is 5.69 Å². The topological polar surface area (TPSA) is 64.9 Å². The third kappa shape index (κ3) is 3.68. The van der Waals surface area contributed by atoms with E-state index in [0.29, 0.717) is 5.02 Å². The van der Waals surface area contributed by atoms with E-state index in [0.717, 1.165) is 24.3 Å². The van der Waals surface area contributed by atoms with Gasteiger partial charge in [-0.15, -0.1) is 5.10 Å². The van der Waals surface area contributed by atoms with Gasteiger partial charge in [0.15, 0.2) is 0 Å². The number of ether oxygens (including phenoxy) is 1. The first-order valence-electron chi connectivity index (χ1n) is 6.34. The SMILES string of the molecule is COC(C)(C)CCNc1cc(-n2cnnn2)ccc1Cl. The Morgan fingerprint density at radius 2 is 2.20 bits per heavy atom. The highest BCUT2D eigenvalue weighted by atomic mass is 35.5. The van der Waals surface area contributed by atoms with Crippen molar-refractivity contribution in [3.8, 4) is 5.69 Å². The van der Waals surface area contributed by atoms with Gasteiger partial charge in [-0.3, -0.25) is 0 Å². The van der Waals surface area contributed by atoms with Gasteiger partial charge in [-0.05, 0) is 48.9 Å². The quantitative estimate of drug-likeness (QED) is 0.887. The van der Waals surface area contributed by atoms with E-state index < -0.39 is 0 Å². The minimum absolute atomic E-state index is 0.160. The fraction of sp³-hybridized carbons (Fsp3) is 0.462. The Hall–Kier alpha value is -1.66. The lowest BCUT2D eigenvalue weighted by Gasteiger charge is -2.23. The van der Waals surface area contributed by atoms with Gasteiger partial charge in [-0.2, -0.15) is 0 Å². The first-order valence-corrected chi connectivity index (χ1v) is 6.71. The van der Waals surface area contributed by atoms with Crippen molar-refractivity contribution >= 4 is 17.3 Å². The van der Waals surface area contributed by atoms with Crippen molar-refractivity contribution in [2.24, 2.45) is 0 Å². The maximum atomic E-state index is 6.19. The second kappa shape index (κ2) is 6.19. The number of halogens is 1. The number of nitrogens with zero attached hydrogens (tertiary/aromatic N) is 4. The van der Waals surface area contributed by atoms with Crippen LogP contribution in [0.2, 0.25) is 5.02 Å². The molecule has 1 aromatic heterocycles. The molecule has 0 saturated heterocycles. The number of benzene rings is 1. The van der Waals surface area contributed by atoms with Crippen molar-refractivity contribution in [2.45, 2.75) is 25.9 Å². The van der Waals surface area contributed by atoms with Crippen molar-refractivity contribution < 1.29 is 4.74 Å². The summed E-state index contributed by atoms with van der Waals surface area (Å²) in [6.07, 6.45) is 2.41. The van der Waals surface area contributed by atoms with Gasteiger partial charge in [0.25, 0.3) is 0 Å². The second-order valence-electron chi connectivity index (χ2n) is 5.06. The number of rotatable bonds is 6. The summed E-state index contributed by atoms with van der Waals surface area (Å²) in [5, 5.41) is 15.1. The molecule has 6 nitrogen and oxygen atoms in total. The lowest BCUT2D eigenvalue weighted by atomic mass is 10.1. The zero-order chi connectivity index (χ0) is 14.6. The number of methoxy groups -OCH3 is 1. The molecule has 0 amide bonds. The van der Waals surface area contributed by atoms with Gasteiger partial charge in [-0.1, -0.05) is 11.6 Å². The van der Waals surface area contributed by atoms with Crippen LogP contribution in [0.3, 0.4) is 0 Å². The average Bonchev–Trinajstić information content (AvgIpc) is 2.95.